The summed E-state index contributed by atoms with van der Waals surface area (Å²) in [6.07, 6.45) is 1.52. The third-order valence-corrected chi connectivity index (χ3v) is 2.74. The Balaban J connectivity index is 0.00000121. The van der Waals surface area contributed by atoms with Gasteiger partial charge in [0.1, 0.15) is 0 Å². The van der Waals surface area contributed by atoms with Crippen LogP contribution in [0.2, 0.25) is 0 Å². The molecule has 1 aliphatic heterocycles. The van der Waals surface area contributed by atoms with Gasteiger partial charge in [0.2, 0.25) is 13.9 Å². The van der Waals surface area contributed by atoms with E-state index < -0.39 is 0 Å². The largest absolute Gasteiger partial charge is 0.393 e. The van der Waals surface area contributed by atoms with Crippen molar-refractivity contribution in [3.05, 3.63) is 6.92 Å². The molecule has 1 atom stereocenters. The number of thioether (sulfide) groups is 1. The molecule has 5 heteroatoms. The second-order valence-corrected chi connectivity index (χ2v) is 3.72. The molecular weight excluding hydrogens is 246 g/mol. The zero-order valence-corrected chi connectivity index (χ0v) is 10.7. The van der Waals surface area contributed by atoms with Crippen molar-refractivity contribution in [3.63, 3.8) is 0 Å². The smallest absolute Gasteiger partial charge is 0.230 e. The predicted molar refractivity (Wildman–Crippen MR) is 48.3 cm³/mol. The number of amides is 1. The summed E-state index contributed by atoms with van der Waals surface area (Å²) >= 11 is 1.73. The van der Waals surface area contributed by atoms with Crippen LogP contribution in [-0.2, 0) is 37.5 Å². The van der Waals surface area contributed by atoms with E-state index >= 15 is 0 Å². The Morgan fingerprint density at radius 3 is 2.83 bits per heavy atom. The number of hydrogen-bond acceptors (Lipinski definition) is 2. The van der Waals surface area contributed by atoms with Crippen molar-refractivity contribution >= 4 is 25.7 Å². The van der Waals surface area contributed by atoms with Crippen LogP contribution in [0.25, 0.3) is 0 Å². The molecule has 12 heavy (non-hydrogen) atoms. The minimum Gasteiger partial charge on any atom is -0.393 e. The molecule has 1 amide bonds. The van der Waals surface area contributed by atoms with E-state index in [0.717, 1.165) is 17.9 Å². The van der Waals surface area contributed by atoms with Gasteiger partial charge in [0, 0.05) is 50.9 Å². The van der Waals surface area contributed by atoms with Crippen molar-refractivity contribution in [2.24, 2.45) is 0 Å². The first kappa shape index (κ1) is 13.0. The first-order valence-corrected chi connectivity index (χ1v) is 4.85. The van der Waals surface area contributed by atoms with Crippen LogP contribution < -0.4 is 0 Å². The molecule has 1 heterocycles. The third-order valence-electron chi connectivity index (χ3n) is 1.83. The van der Waals surface area contributed by atoms with Crippen molar-refractivity contribution in [3.8, 4) is 0 Å². The molecule has 0 unspecified atom stereocenters. The van der Waals surface area contributed by atoms with Crippen molar-refractivity contribution in [2.45, 2.75) is 18.9 Å². The molecule has 0 bridgehead atoms. The van der Waals surface area contributed by atoms with E-state index in [4.69, 9.17) is 7.98 Å². The summed E-state index contributed by atoms with van der Waals surface area (Å²) in [7, 11) is 5.51. The number of carbonyl (C=O) groups excluding carboxylic acids is 1. The molecule has 1 fully saturated rings. The molecule has 0 N–H and O–H groups in total. The number of carbonyl (C=O) groups is 1. The van der Waals surface area contributed by atoms with Gasteiger partial charge in [-0.2, -0.15) is 11.8 Å². The maximum atomic E-state index is 10.9. The number of rotatable bonds is 3. The zero-order chi connectivity index (χ0) is 8.27. The number of hydrogen-bond donors (Lipinski definition) is 0. The Labute approximate surface area is 105 Å². The van der Waals surface area contributed by atoms with E-state index in [2.05, 4.69) is 6.92 Å². The summed E-state index contributed by atoms with van der Waals surface area (Å²) in [6, 6.07) is 0.245. The SMILES string of the molecule is [B]N1C(=O)CC[C@H]1CSC[CH2-].[Y]. The van der Waals surface area contributed by atoms with Crippen LogP contribution in [0, 0.1) is 6.92 Å². The van der Waals surface area contributed by atoms with Crippen molar-refractivity contribution in [1.29, 1.82) is 0 Å². The quantitative estimate of drug-likeness (QED) is 0.545. The van der Waals surface area contributed by atoms with Gasteiger partial charge in [0.15, 0.2) is 0 Å². The summed E-state index contributed by atoms with van der Waals surface area (Å²) in [5.74, 6) is 1.84. The average molecular weight is 257 g/mol. The monoisotopic (exact) mass is 257 g/mol. The van der Waals surface area contributed by atoms with E-state index in [-0.39, 0.29) is 44.7 Å². The molecule has 0 aromatic rings. The molecule has 1 rings (SSSR count). The zero-order valence-electron chi connectivity index (χ0n) is 7.03. The summed E-state index contributed by atoms with van der Waals surface area (Å²) in [6.45, 7) is 3.71. The molecule has 0 aromatic carbocycles. The Kier molecular flexibility index (Phi) is 6.97. The maximum Gasteiger partial charge on any atom is 0.230 e. The van der Waals surface area contributed by atoms with Gasteiger partial charge in [-0.1, -0.05) is 0 Å². The fourth-order valence-electron chi connectivity index (χ4n) is 1.14. The summed E-state index contributed by atoms with van der Waals surface area (Å²) in [5.41, 5.74) is 0. The third kappa shape index (κ3) is 3.39. The van der Waals surface area contributed by atoms with E-state index in [9.17, 15) is 4.79 Å². The van der Waals surface area contributed by atoms with Crippen LogP contribution in [0.1, 0.15) is 12.8 Å². The van der Waals surface area contributed by atoms with Crippen LogP contribution in [0.15, 0.2) is 0 Å². The van der Waals surface area contributed by atoms with Crippen molar-refractivity contribution in [2.75, 3.05) is 11.5 Å². The second-order valence-electron chi connectivity index (χ2n) is 2.57. The van der Waals surface area contributed by atoms with Crippen LogP contribution in [-0.4, -0.2) is 36.2 Å². The molecule has 0 saturated carbocycles. The second kappa shape index (κ2) is 6.44. The van der Waals surface area contributed by atoms with E-state index in [1.54, 1.807) is 11.8 Å². The topological polar surface area (TPSA) is 20.3 Å². The fraction of sp³-hybridized carbons (Fsp3) is 0.714. The predicted octanol–water partition coefficient (Wildman–Crippen LogP) is 0.626. The molecule has 0 aliphatic carbocycles. The van der Waals surface area contributed by atoms with Gasteiger partial charge in [-0.05, 0) is 6.42 Å². The standard InChI is InChI=1S/C7H11BNOS.Y/c1-2-11-5-6-3-4-7(10)9(6)8;/h6H,1-5H2;/q-1;/t6-;/m0./s1. The summed E-state index contributed by atoms with van der Waals surface area (Å²) in [4.78, 5) is 12.3. The molecular formula is C7H11BNOSY-. The van der Waals surface area contributed by atoms with E-state index in [1.807, 2.05) is 0 Å². The molecule has 0 aromatic heterocycles. The maximum absolute atomic E-state index is 10.9. The Bertz CT molecular complexity index is 158. The van der Waals surface area contributed by atoms with Gasteiger partial charge >= 0.3 is 0 Å². The summed E-state index contributed by atoms with van der Waals surface area (Å²) < 4.78 is 0. The minimum absolute atomic E-state index is 0. The van der Waals surface area contributed by atoms with Crippen LogP contribution in [0.4, 0.5) is 0 Å². The van der Waals surface area contributed by atoms with Crippen LogP contribution >= 0.6 is 11.8 Å². The van der Waals surface area contributed by atoms with Crippen molar-refractivity contribution < 1.29 is 37.5 Å². The van der Waals surface area contributed by atoms with Gasteiger partial charge < -0.3 is 11.7 Å². The fourth-order valence-corrected chi connectivity index (χ4v) is 1.91. The van der Waals surface area contributed by atoms with Crippen molar-refractivity contribution in [1.82, 2.24) is 4.81 Å². The molecule has 3 radical (unpaired) electrons. The minimum atomic E-state index is 0. The van der Waals surface area contributed by atoms with Gasteiger partial charge in [-0.3, -0.25) is 4.79 Å². The number of nitrogens with zero attached hydrogens (tertiary/aromatic N) is 1. The van der Waals surface area contributed by atoms with E-state index in [0.29, 0.717) is 6.42 Å². The first-order valence-electron chi connectivity index (χ1n) is 3.69. The molecule has 0 spiro atoms. The van der Waals surface area contributed by atoms with Gasteiger partial charge in [0.25, 0.3) is 0 Å². The molecule has 2 nitrogen and oxygen atoms in total. The van der Waals surface area contributed by atoms with E-state index in [1.165, 1.54) is 4.81 Å². The summed E-state index contributed by atoms with van der Waals surface area (Å²) in [5, 5.41) is 0. The molecule has 1 saturated heterocycles. The normalized spacial score (nSPS) is 22.6. The average Bonchev–Trinajstić information content (AvgIpc) is 2.31. The molecule has 1 aliphatic rings. The van der Waals surface area contributed by atoms with Gasteiger partial charge in [-0.15, -0.1) is 5.75 Å². The van der Waals surface area contributed by atoms with Crippen LogP contribution in [0.5, 0.6) is 0 Å². The first-order chi connectivity index (χ1) is 5.25. The van der Waals surface area contributed by atoms with Crippen LogP contribution in [0.3, 0.4) is 0 Å². The van der Waals surface area contributed by atoms with Gasteiger partial charge in [-0.25, -0.2) is 0 Å². The Morgan fingerprint density at radius 2 is 2.42 bits per heavy atom. The van der Waals surface area contributed by atoms with Gasteiger partial charge in [0.05, 0.1) is 0 Å². The molecule has 63 valence electrons. The Hall–Kier alpha value is 0.989. The Morgan fingerprint density at radius 1 is 1.75 bits per heavy atom.